The monoisotopic (exact) mass is 434 g/mol. The fourth-order valence-corrected chi connectivity index (χ4v) is 3.09. The van der Waals surface area contributed by atoms with E-state index in [1.807, 2.05) is 24.3 Å². The molecule has 1 aromatic carbocycles. The molecule has 3 atom stereocenters. The van der Waals surface area contributed by atoms with Crippen molar-refractivity contribution in [2.24, 2.45) is 11.7 Å². The average molecular weight is 435 g/mol. The van der Waals surface area contributed by atoms with Gasteiger partial charge >= 0.3 is 11.9 Å². The summed E-state index contributed by atoms with van der Waals surface area (Å²) < 4.78 is 10.1. The number of nitrogens with one attached hydrogen (secondary N) is 1. The Morgan fingerprint density at radius 1 is 1.00 bits per heavy atom. The Labute approximate surface area is 186 Å². The molecule has 0 heterocycles. The van der Waals surface area contributed by atoms with Crippen LogP contribution < -0.4 is 11.1 Å². The number of hydrogen-bond donors (Lipinski definition) is 2. The molecule has 0 radical (unpaired) electrons. The van der Waals surface area contributed by atoms with Gasteiger partial charge in [0.05, 0.1) is 13.0 Å². The van der Waals surface area contributed by atoms with E-state index in [2.05, 4.69) is 19.2 Å². The minimum Gasteiger partial charge on any atom is -0.467 e. The maximum Gasteiger partial charge on any atom is 0.328 e. The summed E-state index contributed by atoms with van der Waals surface area (Å²) in [5.74, 6) is -1.31. The van der Waals surface area contributed by atoms with E-state index in [-0.39, 0.29) is 18.7 Å². The van der Waals surface area contributed by atoms with Crippen molar-refractivity contribution in [3.8, 4) is 0 Å². The van der Waals surface area contributed by atoms with Crippen LogP contribution in [0.2, 0.25) is 0 Å². The molecular formula is C24H38N2O5. The summed E-state index contributed by atoms with van der Waals surface area (Å²) in [7, 11) is 1.26. The molecular weight excluding hydrogens is 396 g/mol. The van der Waals surface area contributed by atoms with E-state index in [4.69, 9.17) is 15.2 Å². The van der Waals surface area contributed by atoms with Crippen molar-refractivity contribution in [2.75, 3.05) is 7.11 Å². The molecule has 31 heavy (non-hydrogen) atoms. The lowest BCUT2D eigenvalue weighted by Gasteiger charge is -2.23. The van der Waals surface area contributed by atoms with Crippen LogP contribution in [0.3, 0.4) is 0 Å². The van der Waals surface area contributed by atoms with E-state index in [0.717, 1.165) is 12.0 Å². The van der Waals surface area contributed by atoms with Gasteiger partial charge in [0.1, 0.15) is 17.7 Å². The van der Waals surface area contributed by atoms with Gasteiger partial charge in [0, 0.05) is 0 Å². The lowest BCUT2D eigenvalue weighted by Crippen LogP contribution is -2.45. The molecule has 3 N–H and O–H groups in total. The van der Waals surface area contributed by atoms with Gasteiger partial charge in [-0.3, -0.25) is 9.59 Å². The Morgan fingerprint density at radius 2 is 1.58 bits per heavy atom. The van der Waals surface area contributed by atoms with Gasteiger partial charge in [-0.15, -0.1) is 0 Å². The van der Waals surface area contributed by atoms with Crippen molar-refractivity contribution in [1.29, 1.82) is 0 Å². The number of carbonyl (C=O) groups excluding carboxylic acids is 3. The second kappa shape index (κ2) is 11.8. The largest absolute Gasteiger partial charge is 0.467 e. The molecule has 7 nitrogen and oxygen atoms in total. The Balaban J connectivity index is 2.74. The predicted molar refractivity (Wildman–Crippen MR) is 120 cm³/mol. The summed E-state index contributed by atoms with van der Waals surface area (Å²) in [6.07, 6.45) is 1.31. The first-order valence-corrected chi connectivity index (χ1v) is 10.8. The van der Waals surface area contributed by atoms with Gasteiger partial charge in [-0.05, 0) is 64.0 Å². The van der Waals surface area contributed by atoms with Crippen LogP contribution in [0.1, 0.15) is 71.4 Å². The third-order valence-electron chi connectivity index (χ3n) is 4.80. The first kappa shape index (κ1) is 26.6. The van der Waals surface area contributed by atoms with Gasteiger partial charge in [0.15, 0.2) is 0 Å². The van der Waals surface area contributed by atoms with E-state index >= 15 is 0 Å². The van der Waals surface area contributed by atoms with Crippen molar-refractivity contribution < 1.29 is 23.9 Å². The summed E-state index contributed by atoms with van der Waals surface area (Å²) in [6.45, 7) is 11.4. The number of benzene rings is 1. The highest BCUT2D eigenvalue weighted by atomic mass is 16.6. The molecule has 0 aliphatic heterocycles. The molecule has 1 aromatic rings. The SMILES string of the molecule is COC(=O)[C@@H](CC[C@H](N)C(=O)OC(C)(C)C)NC(=O)C(C)c1ccc(CC(C)C)cc1. The lowest BCUT2D eigenvalue weighted by molar-refractivity contribution is -0.157. The normalized spacial score (nSPS) is 14.5. The van der Waals surface area contributed by atoms with Crippen molar-refractivity contribution in [2.45, 2.75) is 84.4 Å². The Bertz CT molecular complexity index is 737. The second-order valence-corrected chi connectivity index (χ2v) is 9.36. The molecule has 0 bridgehead atoms. The molecule has 0 fully saturated rings. The Hall–Kier alpha value is -2.41. The van der Waals surface area contributed by atoms with Crippen LogP contribution in [-0.2, 0) is 30.3 Å². The maximum atomic E-state index is 12.8. The van der Waals surface area contributed by atoms with E-state index in [0.29, 0.717) is 5.92 Å². The molecule has 174 valence electrons. The zero-order valence-corrected chi connectivity index (χ0v) is 19.9. The number of rotatable bonds is 10. The van der Waals surface area contributed by atoms with E-state index in [9.17, 15) is 14.4 Å². The molecule has 0 saturated carbocycles. The number of hydrogen-bond acceptors (Lipinski definition) is 6. The van der Waals surface area contributed by atoms with Gasteiger partial charge in [-0.25, -0.2) is 4.79 Å². The van der Waals surface area contributed by atoms with Crippen molar-refractivity contribution in [3.05, 3.63) is 35.4 Å². The smallest absolute Gasteiger partial charge is 0.328 e. The summed E-state index contributed by atoms with van der Waals surface area (Å²) in [5, 5.41) is 2.73. The lowest BCUT2D eigenvalue weighted by atomic mass is 9.96. The Morgan fingerprint density at radius 3 is 2.06 bits per heavy atom. The van der Waals surface area contributed by atoms with E-state index in [1.165, 1.54) is 12.7 Å². The number of nitrogens with two attached hydrogens (primary N) is 1. The topological polar surface area (TPSA) is 108 Å². The minimum absolute atomic E-state index is 0.166. The third-order valence-corrected chi connectivity index (χ3v) is 4.80. The number of carbonyl (C=O) groups is 3. The zero-order valence-electron chi connectivity index (χ0n) is 19.9. The second-order valence-electron chi connectivity index (χ2n) is 9.36. The molecule has 0 saturated heterocycles. The third kappa shape index (κ3) is 9.51. The molecule has 1 unspecified atom stereocenters. The fourth-order valence-electron chi connectivity index (χ4n) is 3.09. The molecule has 1 rings (SSSR count). The first-order chi connectivity index (χ1) is 14.3. The standard InChI is InChI=1S/C24H38N2O5/c1-15(2)14-17-8-10-18(11-9-17)16(3)21(27)26-20(23(29)30-7)13-12-19(25)22(28)31-24(4,5)6/h8-11,15-16,19-20H,12-14,25H2,1-7H3,(H,26,27)/t16?,19-,20+/m0/s1. The zero-order chi connectivity index (χ0) is 23.8. The minimum atomic E-state index is -0.895. The van der Waals surface area contributed by atoms with Gasteiger partial charge in [0.2, 0.25) is 5.91 Å². The van der Waals surface area contributed by atoms with Crippen LogP contribution in [0.4, 0.5) is 0 Å². The maximum absolute atomic E-state index is 12.8. The number of amides is 1. The quantitative estimate of drug-likeness (QED) is 0.548. The van der Waals surface area contributed by atoms with Crippen LogP contribution >= 0.6 is 0 Å². The highest BCUT2D eigenvalue weighted by molar-refractivity contribution is 5.88. The summed E-state index contributed by atoms with van der Waals surface area (Å²) >= 11 is 0. The number of ether oxygens (including phenoxy) is 2. The van der Waals surface area contributed by atoms with Crippen LogP contribution in [0.25, 0.3) is 0 Å². The van der Waals surface area contributed by atoms with E-state index in [1.54, 1.807) is 27.7 Å². The molecule has 0 spiro atoms. The highest BCUT2D eigenvalue weighted by Gasteiger charge is 2.28. The summed E-state index contributed by atoms with van der Waals surface area (Å²) in [5.41, 5.74) is 7.33. The van der Waals surface area contributed by atoms with Gasteiger partial charge < -0.3 is 20.5 Å². The van der Waals surface area contributed by atoms with Gasteiger partial charge in [-0.1, -0.05) is 38.1 Å². The summed E-state index contributed by atoms with van der Waals surface area (Å²) in [6, 6.07) is 6.14. The molecule has 0 aromatic heterocycles. The van der Waals surface area contributed by atoms with Crippen LogP contribution in [0, 0.1) is 5.92 Å². The van der Waals surface area contributed by atoms with Crippen LogP contribution in [0.5, 0.6) is 0 Å². The Kier molecular flexibility index (Phi) is 10.2. The van der Waals surface area contributed by atoms with Crippen molar-refractivity contribution in [3.63, 3.8) is 0 Å². The van der Waals surface area contributed by atoms with Crippen LogP contribution in [-0.4, -0.2) is 42.6 Å². The number of methoxy groups -OCH3 is 1. The van der Waals surface area contributed by atoms with Gasteiger partial charge in [0.25, 0.3) is 0 Å². The predicted octanol–water partition coefficient (Wildman–Crippen LogP) is 3.10. The first-order valence-electron chi connectivity index (χ1n) is 10.8. The summed E-state index contributed by atoms with van der Waals surface area (Å²) in [4.78, 5) is 37.0. The average Bonchev–Trinajstić information content (AvgIpc) is 2.68. The molecule has 7 heteroatoms. The molecule has 0 aliphatic carbocycles. The highest BCUT2D eigenvalue weighted by Crippen LogP contribution is 2.19. The molecule has 1 amide bonds. The number of esters is 2. The molecule has 0 aliphatic rings. The van der Waals surface area contributed by atoms with Gasteiger partial charge in [-0.2, -0.15) is 0 Å². The fraction of sp³-hybridized carbons (Fsp3) is 0.625. The van der Waals surface area contributed by atoms with Crippen LogP contribution in [0.15, 0.2) is 24.3 Å². The van der Waals surface area contributed by atoms with E-state index < -0.39 is 35.5 Å². The van der Waals surface area contributed by atoms with Crippen molar-refractivity contribution in [1.82, 2.24) is 5.32 Å². The van der Waals surface area contributed by atoms with Crippen molar-refractivity contribution >= 4 is 17.8 Å².